The first-order valence-corrected chi connectivity index (χ1v) is 7.43. The Balaban J connectivity index is 2.50. The summed E-state index contributed by atoms with van der Waals surface area (Å²) in [5.74, 6) is 0.937. The lowest BCUT2D eigenvalue weighted by Gasteiger charge is -2.05. The summed E-state index contributed by atoms with van der Waals surface area (Å²) in [5, 5.41) is 3.87. The van der Waals surface area contributed by atoms with Crippen molar-refractivity contribution in [3.05, 3.63) is 5.56 Å². The summed E-state index contributed by atoms with van der Waals surface area (Å²) in [6.07, 6.45) is 4.29. The van der Waals surface area contributed by atoms with Crippen molar-refractivity contribution >= 4 is 40.1 Å². The number of esters is 1. The van der Waals surface area contributed by atoms with Gasteiger partial charge in [-0.2, -0.15) is 16.1 Å². The van der Waals surface area contributed by atoms with Crippen molar-refractivity contribution < 1.29 is 9.53 Å². The molecule has 1 rings (SSSR count). The average Bonchev–Trinajstić information content (AvgIpc) is 2.69. The number of nitrogen functional groups attached to an aromatic ring is 1. The number of aromatic nitrogens is 1. The van der Waals surface area contributed by atoms with Crippen molar-refractivity contribution in [2.45, 2.75) is 12.8 Å². The van der Waals surface area contributed by atoms with Crippen LogP contribution in [0.2, 0.25) is 0 Å². The van der Waals surface area contributed by atoms with Gasteiger partial charge in [-0.3, -0.25) is 0 Å². The van der Waals surface area contributed by atoms with E-state index in [-0.39, 0.29) is 5.82 Å². The zero-order valence-electron chi connectivity index (χ0n) is 9.99. The first-order chi connectivity index (χ1) is 8.20. The second-order valence-corrected chi connectivity index (χ2v) is 5.15. The van der Waals surface area contributed by atoms with E-state index in [1.54, 1.807) is 0 Å². The molecule has 0 radical (unpaired) electrons. The van der Waals surface area contributed by atoms with E-state index in [9.17, 15) is 4.79 Å². The Bertz CT molecular complexity index is 368. The van der Waals surface area contributed by atoms with Gasteiger partial charge in [0, 0.05) is 6.54 Å². The topological polar surface area (TPSA) is 77.2 Å². The number of rotatable bonds is 7. The normalized spacial score (nSPS) is 10.2. The quantitative estimate of drug-likeness (QED) is 0.586. The van der Waals surface area contributed by atoms with Gasteiger partial charge in [-0.1, -0.05) is 0 Å². The van der Waals surface area contributed by atoms with Crippen molar-refractivity contribution in [2.75, 3.05) is 36.7 Å². The van der Waals surface area contributed by atoms with Crippen LogP contribution < -0.4 is 11.1 Å². The number of ether oxygens (including phenoxy) is 1. The first-order valence-electron chi connectivity index (χ1n) is 5.27. The molecule has 0 aliphatic rings. The van der Waals surface area contributed by atoms with Gasteiger partial charge in [-0.15, -0.1) is 0 Å². The second-order valence-electron chi connectivity index (χ2n) is 3.39. The molecule has 0 aromatic carbocycles. The van der Waals surface area contributed by atoms with E-state index in [1.165, 1.54) is 18.6 Å². The molecule has 0 unspecified atom stereocenters. The molecule has 0 saturated heterocycles. The van der Waals surface area contributed by atoms with E-state index in [0.29, 0.717) is 10.6 Å². The monoisotopic (exact) mass is 275 g/mol. The van der Waals surface area contributed by atoms with Gasteiger partial charge in [0.1, 0.15) is 10.6 Å². The Morgan fingerprint density at radius 3 is 3.00 bits per heavy atom. The molecule has 0 atom stereocenters. The zero-order valence-corrected chi connectivity index (χ0v) is 11.6. The lowest BCUT2D eigenvalue weighted by atomic mass is 10.3. The molecule has 3 N–H and O–H groups in total. The van der Waals surface area contributed by atoms with Crippen molar-refractivity contribution in [3.63, 3.8) is 0 Å². The summed E-state index contributed by atoms with van der Waals surface area (Å²) in [5.41, 5.74) is 5.97. The van der Waals surface area contributed by atoms with Crippen LogP contribution >= 0.6 is 23.3 Å². The molecule has 0 aliphatic carbocycles. The molecule has 0 aliphatic heterocycles. The molecule has 0 bridgehead atoms. The van der Waals surface area contributed by atoms with E-state index in [1.807, 2.05) is 11.8 Å². The van der Waals surface area contributed by atoms with Crippen LogP contribution in [0.5, 0.6) is 0 Å². The smallest absolute Gasteiger partial charge is 0.344 e. The molecule has 5 nitrogen and oxygen atoms in total. The maximum atomic E-state index is 11.5. The van der Waals surface area contributed by atoms with Gasteiger partial charge in [0.2, 0.25) is 0 Å². The van der Waals surface area contributed by atoms with E-state index in [4.69, 9.17) is 5.73 Å². The van der Waals surface area contributed by atoms with Crippen molar-refractivity contribution in [1.82, 2.24) is 4.37 Å². The van der Waals surface area contributed by atoms with Gasteiger partial charge in [-0.25, -0.2) is 4.79 Å². The molecule has 0 saturated carbocycles. The first kappa shape index (κ1) is 14.1. The van der Waals surface area contributed by atoms with E-state index < -0.39 is 5.97 Å². The van der Waals surface area contributed by atoms with Crippen LogP contribution in [-0.2, 0) is 4.74 Å². The highest BCUT2D eigenvalue weighted by molar-refractivity contribution is 7.98. The molecule has 96 valence electrons. The number of hydrogen-bond donors (Lipinski definition) is 2. The SMILES string of the molecule is COC(=O)c1c(N)nsc1NCCCCSC. The summed E-state index contributed by atoms with van der Waals surface area (Å²) in [4.78, 5) is 11.5. The van der Waals surface area contributed by atoms with Gasteiger partial charge in [-0.05, 0) is 36.4 Å². The van der Waals surface area contributed by atoms with Crippen LogP contribution in [0, 0.1) is 0 Å². The van der Waals surface area contributed by atoms with Crippen molar-refractivity contribution in [2.24, 2.45) is 0 Å². The summed E-state index contributed by atoms with van der Waals surface area (Å²) in [6.45, 7) is 0.812. The summed E-state index contributed by atoms with van der Waals surface area (Å²) < 4.78 is 8.62. The third kappa shape index (κ3) is 4.08. The van der Waals surface area contributed by atoms with Crippen LogP contribution in [0.4, 0.5) is 10.8 Å². The molecule has 0 fully saturated rings. The lowest BCUT2D eigenvalue weighted by Crippen LogP contribution is -2.09. The van der Waals surface area contributed by atoms with Crippen molar-refractivity contribution in [3.8, 4) is 0 Å². The summed E-state index contributed by atoms with van der Waals surface area (Å²) >= 11 is 3.02. The van der Waals surface area contributed by atoms with Crippen LogP contribution in [-0.4, -0.2) is 36.0 Å². The zero-order chi connectivity index (χ0) is 12.7. The number of anilines is 2. The number of hydrogen-bond acceptors (Lipinski definition) is 7. The number of carbonyl (C=O) groups is 1. The van der Waals surface area contributed by atoms with Gasteiger partial charge < -0.3 is 15.8 Å². The number of nitrogens with zero attached hydrogens (tertiary/aromatic N) is 1. The fraction of sp³-hybridized carbons (Fsp3) is 0.600. The Hall–Kier alpha value is -0.950. The predicted molar refractivity (Wildman–Crippen MR) is 74.0 cm³/mol. The van der Waals surface area contributed by atoms with Gasteiger partial charge in [0.05, 0.1) is 7.11 Å². The van der Waals surface area contributed by atoms with Crippen molar-refractivity contribution in [1.29, 1.82) is 0 Å². The highest BCUT2D eigenvalue weighted by Gasteiger charge is 2.19. The molecular weight excluding hydrogens is 258 g/mol. The lowest BCUT2D eigenvalue weighted by molar-refractivity contribution is 0.0603. The Kier molecular flexibility index (Phi) is 6.13. The standard InChI is InChI=1S/C10H17N3O2S2/c1-15-10(14)7-8(11)13-17-9(7)12-5-3-4-6-16-2/h12H,3-6H2,1-2H3,(H2,11,13). The highest BCUT2D eigenvalue weighted by atomic mass is 32.2. The maximum absolute atomic E-state index is 11.5. The Morgan fingerprint density at radius 1 is 1.59 bits per heavy atom. The van der Waals surface area contributed by atoms with E-state index in [0.717, 1.165) is 25.1 Å². The molecule has 17 heavy (non-hydrogen) atoms. The fourth-order valence-electron chi connectivity index (χ4n) is 1.30. The van der Waals surface area contributed by atoms with Gasteiger partial charge >= 0.3 is 5.97 Å². The largest absolute Gasteiger partial charge is 0.465 e. The maximum Gasteiger partial charge on any atom is 0.344 e. The molecular formula is C10H17N3O2S2. The van der Waals surface area contributed by atoms with Crippen LogP contribution in [0.15, 0.2) is 0 Å². The Labute approximate surface area is 109 Å². The Morgan fingerprint density at radius 2 is 2.35 bits per heavy atom. The molecule has 1 aromatic heterocycles. The molecule has 7 heteroatoms. The molecule has 1 heterocycles. The number of nitrogens with one attached hydrogen (secondary N) is 1. The fourth-order valence-corrected chi connectivity index (χ4v) is 2.52. The number of methoxy groups -OCH3 is 1. The number of carbonyl (C=O) groups excluding carboxylic acids is 1. The number of nitrogens with two attached hydrogens (primary N) is 1. The van der Waals surface area contributed by atoms with Crippen LogP contribution in [0.3, 0.4) is 0 Å². The minimum Gasteiger partial charge on any atom is -0.465 e. The minimum atomic E-state index is -0.442. The number of thioether (sulfide) groups is 1. The van der Waals surface area contributed by atoms with Crippen LogP contribution in [0.1, 0.15) is 23.2 Å². The molecule has 0 amide bonds. The van der Waals surface area contributed by atoms with E-state index in [2.05, 4.69) is 20.7 Å². The second kappa shape index (κ2) is 7.39. The number of unbranched alkanes of at least 4 members (excludes halogenated alkanes) is 1. The summed E-state index contributed by atoms with van der Waals surface area (Å²) in [7, 11) is 1.34. The highest BCUT2D eigenvalue weighted by Crippen LogP contribution is 2.27. The molecule has 1 aromatic rings. The minimum absolute atomic E-state index is 0.230. The van der Waals surface area contributed by atoms with E-state index >= 15 is 0 Å². The van der Waals surface area contributed by atoms with Gasteiger partial charge in [0.25, 0.3) is 0 Å². The van der Waals surface area contributed by atoms with Gasteiger partial charge in [0.15, 0.2) is 5.82 Å². The predicted octanol–water partition coefficient (Wildman–Crippen LogP) is 2.07. The third-order valence-corrected chi connectivity index (χ3v) is 3.68. The van der Waals surface area contributed by atoms with Crippen LogP contribution in [0.25, 0.3) is 0 Å². The summed E-state index contributed by atoms with van der Waals surface area (Å²) in [6, 6.07) is 0. The third-order valence-electron chi connectivity index (χ3n) is 2.17. The molecule has 0 spiro atoms. The average molecular weight is 275 g/mol.